The molecule has 4 nitrogen and oxygen atoms in total. The minimum Gasteiger partial charge on any atom is -0.447 e. The number of aryl methyl sites for hydroxylation is 1. The van der Waals surface area contributed by atoms with E-state index in [1.807, 2.05) is 6.07 Å². The van der Waals surface area contributed by atoms with E-state index >= 15 is 0 Å². The fourth-order valence-corrected chi connectivity index (χ4v) is 3.00. The van der Waals surface area contributed by atoms with Gasteiger partial charge < -0.3 is 9.41 Å². The Bertz CT molecular complexity index is 478. The van der Waals surface area contributed by atoms with Crippen LogP contribution < -0.4 is 9.57 Å². The van der Waals surface area contributed by atoms with Crippen molar-refractivity contribution in [1.29, 1.82) is 0 Å². The number of carbonyl (C=O) groups excluding carboxylic acids is 1. The molecule has 0 N–H and O–H groups in total. The summed E-state index contributed by atoms with van der Waals surface area (Å²) in [7, 11) is 2.78. The predicted molar refractivity (Wildman–Crippen MR) is 75.1 cm³/mol. The van der Waals surface area contributed by atoms with Crippen LogP contribution in [0.5, 0.6) is 0 Å². The molecule has 5 heteroatoms. The van der Waals surface area contributed by atoms with Gasteiger partial charge in [0.2, 0.25) is 0 Å². The zero-order chi connectivity index (χ0) is 12.5. The smallest absolute Gasteiger partial charge is 0.414 e. The summed E-state index contributed by atoms with van der Waals surface area (Å²) < 4.78 is 7.20. The molecule has 1 saturated heterocycles. The molecule has 0 radical (unpaired) electrons. The van der Waals surface area contributed by atoms with Crippen LogP contribution in [-0.4, -0.2) is 25.8 Å². The first-order chi connectivity index (χ1) is 8.75. The quantitative estimate of drug-likeness (QED) is 0.731. The molecule has 1 atom stereocenters. The standard InChI is InChI=1S/C13H17N2O2P/c16-13-14(7-8-17-13)11-4-5-12-10(9-11)3-1-2-6-15(12)18/h4-5,9H,1-3,6-8,18H2. The normalized spacial score (nSPS) is 19.5. The van der Waals surface area contributed by atoms with Crippen molar-refractivity contribution >= 4 is 26.9 Å². The van der Waals surface area contributed by atoms with E-state index in [4.69, 9.17) is 4.74 Å². The monoisotopic (exact) mass is 264 g/mol. The minimum absolute atomic E-state index is 0.230. The van der Waals surface area contributed by atoms with Crippen LogP contribution in [0.15, 0.2) is 18.2 Å². The first-order valence-corrected chi connectivity index (χ1v) is 6.87. The first-order valence-electron chi connectivity index (χ1n) is 6.35. The van der Waals surface area contributed by atoms with Crippen molar-refractivity contribution in [2.75, 3.05) is 29.3 Å². The molecule has 1 unspecified atom stereocenters. The predicted octanol–water partition coefficient (Wildman–Crippen LogP) is 2.58. The molecular formula is C13H17N2O2P. The fourth-order valence-electron chi connectivity index (χ4n) is 2.57. The molecule has 2 heterocycles. The van der Waals surface area contributed by atoms with Gasteiger partial charge in [0.05, 0.1) is 6.54 Å². The van der Waals surface area contributed by atoms with Gasteiger partial charge in [0.1, 0.15) is 6.61 Å². The summed E-state index contributed by atoms with van der Waals surface area (Å²) in [6.45, 7) is 2.22. The second kappa shape index (κ2) is 4.77. The highest BCUT2D eigenvalue weighted by molar-refractivity contribution is 7.19. The van der Waals surface area contributed by atoms with Gasteiger partial charge in [0.15, 0.2) is 0 Å². The number of amides is 1. The lowest BCUT2D eigenvalue weighted by Crippen LogP contribution is -2.23. The number of cyclic esters (lactones) is 1. The van der Waals surface area contributed by atoms with Crippen molar-refractivity contribution in [3.63, 3.8) is 0 Å². The molecule has 1 amide bonds. The van der Waals surface area contributed by atoms with Crippen LogP contribution in [0.3, 0.4) is 0 Å². The number of ether oxygens (including phenoxy) is 1. The number of benzene rings is 1. The number of anilines is 2. The molecule has 1 aromatic carbocycles. The van der Waals surface area contributed by atoms with Crippen molar-refractivity contribution in [1.82, 2.24) is 0 Å². The second-order valence-electron chi connectivity index (χ2n) is 4.73. The third-order valence-corrected chi connectivity index (χ3v) is 4.08. The van der Waals surface area contributed by atoms with Gasteiger partial charge >= 0.3 is 6.09 Å². The van der Waals surface area contributed by atoms with E-state index in [1.165, 1.54) is 24.1 Å². The Balaban J connectivity index is 1.94. The number of hydrogen-bond donors (Lipinski definition) is 0. The van der Waals surface area contributed by atoms with E-state index in [0.29, 0.717) is 13.2 Å². The maximum Gasteiger partial charge on any atom is 0.414 e. The van der Waals surface area contributed by atoms with Gasteiger partial charge in [-0.15, -0.1) is 0 Å². The molecule has 0 bridgehead atoms. The molecule has 2 aliphatic rings. The highest BCUT2D eigenvalue weighted by Crippen LogP contribution is 2.32. The van der Waals surface area contributed by atoms with Crippen molar-refractivity contribution in [2.24, 2.45) is 0 Å². The van der Waals surface area contributed by atoms with Crippen LogP contribution in [0, 0.1) is 0 Å². The highest BCUT2D eigenvalue weighted by Gasteiger charge is 2.24. The summed E-state index contributed by atoms with van der Waals surface area (Å²) in [5.74, 6) is 0. The van der Waals surface area contributed by atoms with E-state index in [9.17, 15) is 4.79 Å². The van der Waals surface area contributed by atoms with Crippen molar-refractivity contribution in [3.05, 3.63) is 23.8 Å². The maximum atomic E-state index is 11.6. The molecule has 2 aliphatic heterocycles. The SMILES string of the molecule is O=C1OCCN1c1ccc2c(c1)CCCCN2P. The van der Waals surface area contributed by atoms with E-state index in [-0.39, 0.29) is 6.09 Å². The largest absolute Gasteiger partial charge is 0.447 e. The molecule has 3 rings (SSSR count). The van der Waals surface area contributed by atoms with E-state index in [2.05, 4.69) is 26.2 Å². The van der Waals surface area contributed by atoms with Gasteiger partial charge in [-0.3, -0.25) is 4.90 Å². The van der Waals surface area contributed by atoms with Gasteiger partial charge in [-0.2, -0.15) is 0 Å². The summed E-state index contributed by atoms with van der Waals surface area (Å²) in [5.41, 5.74) is 3.53. The topological polar surface area (TPSA) is 32.8 Å². The Hall–Kier alpha value is -1.28. The maximum absolute atomic E-state index is 11.6. The average Bonchev–Trinajstić information content (AvgIpc) is 2.71. The summed E-state index contributed by atoms with van der Waals surface area (Å²) in [6, 6.07) is 6.24. The van der Waals surface area contributed by atoms with Crippen molar-refractivity contribution in [2.45, 2.75) is 19.3 Å². The Morgan fingerprint density at radius 3 is 2.89 bits per heavy atom. The average molecular weight is 264 g/mol. The number of hydrogen-bond acceptors (Lipinski definition) is 3. The molecule has 18 heavy (non-hydrogen) atoms. The van der Waals surface area contributed by atoms with E-state index in [1.54, 1.807) is 4.90 Å². The van der Waals surface area contributed by atoms with Crippen LogP contribution in [0.4, 0.5) is 16.2 Å². The second-order valence-corrected chi connectivity index (χ2v) is 5.35. The van der Waals surface area contributed by atoms with Crippen LogP contribution in [0.2, 0.25) is 0 Å². The summed E-state index contributed by atoms with van der Waals surface area (Å²) in [4.78, 5) is 13.3. The van der Waals surface area contributed by atoms with Gasteiger partial charge in [0.25, 0.3) is 0 Å². The molecule has 0 aliphatic carbocycles. The van der Waals surface area contributed by atoms with Crippen molar-refractivity contribution in [3.8, 4) is 0 Å². The van der Waals surface area contributed by atoms with Crippen LogP contribution in [0.25, 0.3) is 0 Å². The minimum atomic E-state index is -0.230. The fraction of sp³-hybridized carbons (Fsp3) is 0.462. The third kappa shape index (κ3) is 2.05. The van der Waals surface area contributed by atoms with Gasteiger partial charge in [-0.1, -0.05) is 0 Å². The summed E-state index contributed by atoms with van der Waals surface area (Å²) in [6.07, 6.45) is 3.26. The molecule has 0 saturated carbocycles. The Labute approximate surface area is 109 Å². The Kier molecular flexibility index (Phi) is 3.13. The van der Waals surface area contributed by atoms with Crippen LogP contribution in [0.1, 0.15) is 18.4 Å². The molecule has 96 valence electrons. The van der Waals surface area contributed by atoms with Gasteiger partial charge in [0, 0.05) is 17.9 Å². The summed E-state index contributed by atoms with van der Waals surface area (Å²) >= 11 is 0. The van der Waals surface area contributed by atoms with Crippen LogP contribution >= 0.6 is 9.39 Å². The third-order valence-electron chi connectivity index (χ3n) is 3.54. The zero-order valence-corrected chi connectivity index (χ0v) is 11.4. The lowest BCUT2D eigenvalue weighted by molar-refractivity contribution is 0.181. The number of fused-ring (bicyclic) bond motifs is 1. The first kappa shape index (κ1) is 11.8. The molecule has 1 aromatic rings. The number of carbonyl (C=O) groups is 1. The lowest BCUT2D eigenvalue weighted by Gasteiger charge is -2.21. The Morgan fingerprint density at radius 2 is 2.11 bits per heavy atom. The summed E-state index contributed by atoms with van der Waals surface area (Å²) in [5, 5.41) is 0. The number of rotatable bonds is 1. The van der Waals surface area contributed by atoms with E-state index < -0.39 is 0 Å². The highest BCUT2D eigenvalue weighted by atomic mass is 31.0. The lowest BCUT2D eigenvalue weighted by atomic mass is 10.1. The van der Waals surface area contributed by atoms with Gasteiger partial charge in [-0.05, 0) is 52.4 Å². The van der Waals surface area contributed by atoms with Crippen LogP contribution in [-0.2, 0) is 11.2 Å². The Morgan fingerprint density at radius 1 is 1.22 bits per heavy atom. The van der Waals surface area contributed by atoms with E-state index in [0.717, 1.165) is 18.7 Å². The zero-order valence-electron chi connectivity index (χ0n) is 10.3. The molecule has 1 fully saturated rings. The molecule has 0 aromatic heterocycles. The number of nitrogens with zero attached hydrogens (tertiary/aromatic N) is 2. The van der Waals surface area contributed by atoms with Crippen molar-refractivity contribution < 1.29 is 9.53 Å². The molecule has 0 spiro atoms. The van der Waals surface area contributed by atoms with Gasteiger partial charge in [-0.25, -0.2) is 4.79 Å². The molecular weight excluding hydrogens is 247 g/mol.